The normalized spacial score (nSPS) is 10.7. The Morgan fingerprint density at radius 1 is 1.05 bits per heavy atom. The van der Waals surface area contributed by atoms with Gasteiger partial charge in [-0.05, 0) is 36.2 Å². The third kappa shape index (κ3) is 4.43. The van der Waals surface area contributed by atoms with Crippen LogP contribution in [0.15, 0.2) is 48.5 Å². The van der Waals surface area contributed by atoms with E-state index in [4.69, 9.17) is 0 Å². The molecule has 3 heteroatoms. The summed E-state index contributed by atoms with van der Waals surface area (Å²) in [6.45, 7) is 7.02. The molecule has 0 fully saturated rings. The average Bonchev–Trinajstić information content (AvgIpc) is 2.47. The molecule has 2 N–H and O–H groups in total. The number of nitrogens with one attached hydrogen (secondary N) is 2. The van der Waals surface area contributed by atoms with Gasteiger partial charge in [0.1, 0.15) is 0 Å². The van der Waals surface area contributed by atoms with Gasteiger partial charge in [0.15, 0.2) is 0 Å². The molecule has 0 unspecified atom stereocenters. The Morgan fingerprint density at radius 2 is 1.71 bits per heavy atom. The Hall–Kier alpha value is -2.13. The van der Waals surface area contributed by atoms with Crippen molar-refractivity contribution in [2.24, 2.45) is 0 Å². The average molecular weight is 282 g/mol. The van der Waals surface area contributed by atoms with Gasteiger partial charge in [-0.3, -0.25) is 4.79 Å². The summed E-state index contributed by atoms with van der Waals surface area (Å²) >= 11 is 0. The molecular formula is C18H22N2O. The number of hydrogen-bond acceptors (Lipinski definition) is 2. The largest absolute Gasteiger partial charge is 0.322 e. The summed E-state index contributed by atoms with van der Waals surface area (Å²) < 4.78 is 0. The monoisotopic (exact) mass is 282 g/mol. The molecule has 0 radical (unpaired) electrons. The third-order valence-electron chi connectivity index (χ3n) is 3.32. The van der Waals surface area contributed by atoms with Gasteiger partial charge in [-0.15, -0.1) is 0 Å². The highest BCUT2D eigenvalue weighted by Crippen LogP contribution is 2.13. The lowest BCUT2D eigenvalue weighted by atomic mass is 10.1. The van der Waals surface area contributed by atoms with Crippen LogP contribution in [0.5, 0.6) is 0 Å². The van der Waals surface area contributed by atoms with E-state index in [-0.39, 0.29) is 5.91 Å². The molecular weight excluding hydrogens is 260 g/mol. The first-order valence-corrected chi connectivity index (χ1v) is 7.25. The Bertz CT molecular complexity index is 603. The van der Waals surface area contributed by atoms with E-state index in [1.807, 2.05) is 55.5 Å². The van der Waals surface area contributed by atoms with Gasteiger partial charge in [0.2, 0.25) is 0 Å². The highest BCUT2D eigenvalue weighted by Gasteiger charge is 2.08. The van der Waals surface area contributed by atoms with Crippen molar-refractivity contribution in [3.63, 3.8) is 0 Å². The lowest BCUT2D eigenvalue weighted by Gasteiger charge is -2.10. The van der Waals surface area contributed by atoms with E-state index in [9.17, 15) is 4.79 Å². The van der Waals surface area contributed by atoms with Gasteiger partial charge in [-0.2, -0.15) is 0 Å². The van der Waals surface area contributed by atoms with Gasteiger partial charge in [-0.25, -0.2) is 0 Å². The molecule has 21 heavy (non-hydrogen) atoms. The second-order valence-corrected chi connectivity index (χ2v) is 5.50. The van der Waals surface area contributed by atoms with Crippen LogP contribution in [0, 0.1) is 6.92 Å². The third-order valence-corrected chi connectivity index (χ3v) is 3.32. The molecule has 2 aromatic carbocycles. The summed E-state index contributed by atoms with van der Waals surface area (Å²) in [5.74, 6) is -0.0684. The second-order valence-electron chi connectivity index (χ2n) is 5.50. The maximum absolute atomic E-state index is 12.2. The topological polar surface area (TPSA) is 41.1 Å². The summed E-state index contributed by atoms with van der Waals surface area (Å²) in [5.41, 5.74) is 3.71. The van der Waals surface area contributed by atoms with E-state index < -0.39 is 0 Å². The molecule has 1 amide bonds. The number of carbonyl (C=O) groups is 1. The second kappa shape index (κ2) is 7.04. The fourth-order valence-electron chi connectivity index (χ4n) is 2.05. The van der Waals surface area contributed by atoms with E-state index in [2.05, 4.69) is 24.5 Å². The highest BCUT2D eigenvalue weighted by molar-refractivity contribution is 6.05. The summed E-state index contributed by atoms with van der Waals surface area (Å²) in [5, 5.41) is 6.30. The summed E-state index contributed by atoms with van der Waals surface area (Å²) in [6, 6.07) is 16.0. The fourth-order valence-corrected chi connectivity index (χ4v) is 2.05. The molecule has 0 atom stereocenters. The van der Waals surface area contributed by atoms with Crippen LogP contribution < -0.4 is 10.6 Å². The molecule has 110 valence electrons. The van der Waals surface area contributed by atoms with Crippen molar-refractivity contribution < 1.29 is 4.79 Å². The quantitative estimate of drug-likeness (QED) is 0.877. The van der Waals surface area contributed by atoms with Gasteiger partial charge in [-0.1, -0.05) is 44.2 Å². The minimum atomic E-state index is -0.0684. The minimum Gasteiger partial charge on any atom is -0.322 e. The molecule has 2 aromatic rings. The zero-order chi connectivity index (χ0) is 15.2. The van der Waals surface area contributed by atoms with Crippen LogP contribution >= 0.6 is 0 Å². The first kappa shape index (κ1) is 15.3. The van der Waals surface area contributed by atoms with Crippen LogP contribution in [-0.2, 0) is 6.54 Å². The summed E-state index contributed by atoms with van der Waals surface area (Å²) in [4.78, 5) is 12.2. The first-order chi connectivity index (χ1) is 10.1. The van der Waals surface area contributed by atoms with Crippen molar-refractivity contribution in [1.29, 1.82) is 0 Å². The maximum Gasteiger partial charge on any atom is 0.255 e. The maximum atomic E-state index is 12.2. The smallest absolute Gasteiger partial charge is 0.255 e. The van der Waals surface area contributed by atoms with E-state index in [0.29, 0.717) is 11.6 Å². The van der Waals surface area contributed by atoms with Crippen molar-refractivity contribution in [3.8, 4) is 0 Å². The number of hydrogen-bond donors (Lipinski definition) is 2. The van der Waals surface area contributed by atoms with Crippen LogP contribution in [0.25, 0.3) is 0 Å². The van der Waals surface area contributed by atoms with Gasteiger partial charge in [0, 0.05) is 23.8 Å². The summed E-state index contributed by atoms with van der Waals surface area (Å²) in [7, 11) is 0. The molecule has 0 bridgehead atoms. The zero-order valence-electron chi connectivity index (χ0n) is 12.8. The lowest BCUT2D eigenvalue weighted by Crippen LogP contribution is -2.21. The number of rotatable bonds is 5. The Balaban J connectivity index is 2.00. The van der Waals surface area contributed by atoms with Gasteiger partial charge < -0.3 is 10.6 Å². The van der Waals surface area contributed by atoms with Crippen LogP contribution in [0.1, 0.15) is 35.3 Å². The van der Waals surface area contributed by atoms with E-state index in [0.717, 1.165) is 17.8 Å². The number of aryl methyl sites for hydroxylation is 1. The molecule has 0 spiro atoms. The lowest BCUT2D eigenvalue weighted by molar-refractivity contribution is 0.102. The molecule has 2 rings (SSSR count). The van der Waals surface area contributed by atoms with Crippen molar-refractivity contribution in [2.45, 2.75) is 33.4 Å². The van der Waals surface area contributed by atoms with Crippen LogP contribution in [-0.4, -0.2) is 11.9 Å². The summed E-state index contributed by atoms with van der Waals surface area (Å²) in [6.07, 6.45) is 0. The standard InChI is InChI=1S/C18H22N2O/c1-13(2)19-12-15-8-10-16(11-9-15)20-18(21)17-7-5-4-6-14(17)3/h4-11,13,19H,12H2,1-3H3,(H,20,21). The first-order valence-electron chi connectivity index (χ1n) is 7.25. The molecule has 0 aliphatic heterocycles. The molecule has 3 nitrogen and oxygen atoms in total. The van der Waals surface area contributed by atoms with E-state index in [1.165, 1.54) is 5.56 Å². The molecule has 0 aromatic heterocycles. The highest BCUT2D eigenvalue weighted by atomic mass is 16.1. The van der Waals surface area contributed by atoms with Crippen molar-refractivity contribution in [2.75, 3.05) is 5.32 Å². The fraction of sp³-hybridized carbons (Fsp3) is 0.278. The van der Waals surface area contributed by atoms with Crippen LogP contribution in [0.2, 0.25) is 0 Å². The molecule has 0 saturated carbocycles. The van der Waals surface area contributed by atoms with Gasteiger partial charge in [0.05, 0.1) is 0 Å². The van der Waals surface area contributed by atoms with Crippen LogP contribution in [0.4, 0.5) is 5.69 Å². The molecule has 0 aliphatic rings. The Morgan fingerprint density at radius 3 is 2.33 bits per heavy atom. The van der Waals surface area contributed by atoms with Crippen molar-refractivity contribution in [3.05, 3.63) is 65.2 Å². The van der Waals surface area contributed by atoms with Crippen molar-refractivity contribution in [1.82, 2.24) is 5.32 Å². The molecule has 0 aliphatic carbocycles. The number of carbonyl (C=O) groups excluding carboxylic acids is 1. The molecule has 0 heterocycles. The molecule has 0 saturated heterocycles. The van der Waals surface area contributed by atoms with Gasteiger partial charge >= 0.3 is 0 Å². The Labute approximate surface area is 126 Å². The van der Waals surface area contributed by atoms with Crippen LogP contribution in [0.3, 0.4) is 0 Å². The predicted molar refractivity (Wildman–Crippen MR) is 87.5 cm³/mol. The Kier molecular flexibility index (Phi) is 5.12. The minimum absolute atomic E-state index is 0.0684. The SMILES string of the molecule is Cc1ccccc1C(=O)Nc1ccc(CNC(C)C)cc1. The predicted octanol–water partition coefficient (Wildman–Crippen LogP) is 3.75. The number of benzene rings is 2. The number of amides is 1. The zero-order valence-corrected chi connectivity index (χ0v) is 12.8. The number of anilines is 1. The van der Waals surface area contributed by atoms with Crippen molar-refractivity contribution >= 4 is 11.6 Å². The van der Waals surface area contributed by atoms with Gasteiger partial charge in [0.25, 0.3) is 5.91 Å². The van der Waals surface area contributed by atoms with E-state index >= 15 is 0 Å². The van der Waals surface area contributed by atoms with E-state index in [1.54, 1.807) is 0 Å².